The van der Waals surface area contributed by atoms with Gasteiger partial charge in [0, 0.05) is 56.0 Å². The maximum Gasteiger partial charge on any atom is 0.282 e. The maximum atomic E-state index is 14.6. The maximum absolute atomic E-state index is 14.6. The summed E-state index contributed by atoms with van der Waals surface area (Å²) in [6.45, 7) is 10.4. The molecule has 274 valence electrons. The van der Waals surface area contributed by atoms with E-state index in [1.54, 1.807) is 45.3 Å². The number of rotatable bonds is 17. The van der Waals surface area contributed by atoms with E-state index in [-0.39, 0.29) is 17.5 Å². The Labute approximate surface area is 352 Å². The molecule has 0 atom stereocenters. The van der Waals surface area contributed by atoms with Crippen LogP contribution >= 0.6 is 101 Å². The molecule has 5 nitrogen and oxygen atoms in total. The Balaban J connectivity index is 1.15. The molecule has 0 fully saturated rings. The van der Waals surface area contributed by atoms with E-state index in [2.05, 4.69) is 74.0 Å². The number of amides is 2. The Bertz CT molecular complexity index is 2110. The second-order valence-corrected chi connectivity index (χ2v) is 22.8. The molecule has 1 aromatic carbocycles. The highest BCUT2D eigenvalue weighted by Gasteiger charge is 2.45. The standard InChI is InChI=1S/C40H37Br2N3O2S6/c1-3-4-5-6-7-8-9-10-11-12-13-14-15-16-17-45-38(46)34-32(28-18-24-26(48-28)20-30(41)50-24)36-37(53-40(52-36)23(22-43)44-2)33(35(34)39(45)47)29-19-25-27(49-29)21-31(42)51-25/h18-21H,3-17H2,1H3. The summed E-state index contributed by atoms with van der Waals surface area (Å²) in [4.78, 5) is 37.8. The molecule has 0 bridgehead atoms. The second kappa shape index (κ2) is 17.9. The molecular weight excluding hydrogens is 907 g/mol. The van der Waals surface area contributed by atoms with Crippen LogP contribution in [-0.4, -0.2) is 23.3 Å². The van der Waals surface area contributed by atoms with E-state index in [0.717, 1.165) is 76.3 Å². The lowest BCUT2D eigenvalue weighted by atomic mass is 9.95. The summed E-state index contributed by atoms with van der Waals surface area (Å²) < 4.78 is 7.09. The number of hydrogen-bond donors (Lipinski definition) is 0. The Morgan fingerprint density at radius 3 is 1.47 bits per heavy atom. The van der Waals surface area contributed by atoms with Gasteiger partial charge in [-0.15, -0.1) is 45.3 Å². The largest absolute Gasteiger partial charge is 0.282 e. The summed E-state index contributed by atoms with van der Waals surface area (Å²) in [5.41, 5.74) is 2.44. The third-order valence-corrected chi connectivity index (χ3v) is 18.0. The van der Waals surface area contributed by atoms with Gasteiger partial charge in [-0.3, -0.25) is 14.5 Å². The van der Waals surface area contributed by atoms with Crippen molar-refractivity contribution in [1.29, 1.82) is 5.26 Å². The Hall–Kier alpha value is -1.94. The number of hydrogen-bond acceptors (Lipinski definition) is 9. The third-order valence-electron chi connectivity index (χ3n) is 9.71. The zero-order valence-corrected chi connectivity index (χ0v) is 37.4. The number of carbonyl (C=O) groups excluding carboxylic acids is 2. The second-order valence-electron chi connectivity index (χ2n) is 13.4. The third kappa shape index (κ3) is 8.30. The highest BCUT2D eigenvalue weighted by molar-refractivity contribution is 9.11. The van der Waals surface area contributed by atoms with Crippen molar-refractivity contribution in [2.24, 2.45) is 0 Å². The van der Waals surface area contributed by atoms with Crippen LogP contribution in [0.1, 0.15) is 118 Å². The zero-order valence-electron chi connectivity index (χ0n) is 29.3. The molecule has 4 aromatic heterocycles. The summed E-state index contributed by atoms with van der Waals surface area (Å²) >= 11 is 16.5. The molecule has 7 rings (SSSR count). The molecule has 13 heteroatoms. The van der Waals surface area contributed by atoms with Gasteiger partial charge in [0.1, 0.15) is 0 Å². The first-order valence-corrected chi connectivity index (χ1v) is 24.7. The number of unbranched alkanes of at least 4 members (excludes halogenated alkanes) is 13. The number of nitrogens with zero attached hydrogens (tertiary/aromatic N) is 3. The van der Waals surface area contributed by atoms with E-state index >= 15 is 0 Å². The fraction of sp³-hybridized carbons (Fsp3) is 0.400. The van der Waals surface area contributed by atoms with Crippen LogP contribution in [0.25, 0.3) is 44.5 Å². The average molecular weight is 944 g/mol. The van der Waals surface area contributed by atoms with Crippen LogP contribution in [0.4, 0.5) is 0 Å². The molecule has 6 heterocycles. The summed E-state index contributed by atoms with van der Waals surface area (Å²) in [5.74, 6) is -0.488. The van der Waals surface area contributed by atoms with E-state index in [1.165, 1.54) is 99.1 Å². The summed E-state index contributed by atoms with van der Waals surface area (Å²) in [6, 6.07) is 10.5. The first-order valence-electron chi connectivity index (χ1n) is 18.2. The van der Waals surface area contributed by atoms with Gasteiger partial charge in [0.2, 0.25) is 0 Å². The van der Waals surface area contributed by atoms with Crippen LogP contribution in [0.15, 0.2) is 51.6 Å². The number of allylic oxidation sites excluding steroid dienone is 1. The molecule has 0 saturated heterocycles. The zero-order chi connectivity index (χ0) is 37.1. The van der Waals surface area contributed by atoms with Gasteiger partial charge < -0.3 is 0 Å². The predicted molar refractivity (Wildman–Crippen MR) is 236 cm³/mol. The lowest BCUT2D eigenvalue weighted by Gasteiger charge is -2.15. The van der Waals surface area contributed by atoms with Crippen molar-refractivity contribution in [2.45, 2.75) is 107 Å². The van der Waals surface area contributed by atoms with Crippen LogP contribution in [0.5, 0.6) is 0 Å². The van der Waals surface area contributed by atoms with Gasteiger partial charge in [0.25, 0.3) is 17.5 Å². The number of halogens is 2. The molecular formula is C40H37Br2N3O2S6. The number of fused-ring (bicyclic) bond motifs is 4. The van der Waals surface area contributed by atoms with Crippen molar-refractivity contribution in [3.05, 3.63) is 64.3 Å². The van der Waals surface area contributed by atoms with E-state index in [9.17, 15) is 14.9 Å². The summed E-state index contributed by atoms with van der Waals surface area (Å²) in [5, 5.41) is 9.87. The molecule has 53 heavy (non-hydrogen) atoms. The number of benzene rings is 1. The minimum atomic E-state index is -0.244. The number of thioether (sulfide) groups is 2. The lowest BCUT2D eigenvalue weighted by Crippen LogP contribution is -2.30. The number of carbonyl (C=O) groups is 2. The molecule has 0 aliphatic carbocycles. The fourth-order valence-electron chi connectivity index (χ4n) is 7.10. The van der Waals surface area contributed by atoms with Crippen LogP contribution in [0, 0.1) is 17.9 Å². The fourth-order valence-corrected chi connectivity index (χ4v) is 16.1. The van der Waals surface area contributed by atoms with Crippen molar-refractivity contribution in [2.75, 3.05) is 6.54 Å². The van der Waals surface area contributed by atoms with Crippen molar-refractivity contribution >= 4 is 131 Å². The normalized spacial score (nSPS) is 13.8. The van der Waals surface area contributed by atoms with Crippen molar-refractivity contribution in [3.63, 3.8) is 0 Å². The molecule has 0 unspecified atom stereocenters. The molecule has 2 aliphatic heterocycles. The molecule has 2 aliphatic rings. The molecule has 0 N–H and O–H groups in total. The first-order chi connectivity index (χ1) is 25.8. The number of nitriles is 1. The Morgan fingerprint density at radius 1 is 0.660 bits per heavy atom. The number of imide groups is 1. The van der Waals surface area contributed by atoms with Crippen LogP contribution in [0.2, 0.25) is 0 Å². The first kappa shape index (κ1) is 39.3. The molecule has 0 radical (unpaired) electrons. The minimum Gasteiger partial charge on any atom is -0.274 e. The SMILES string of the molecule is [C-]#[N+]C(C#N)=C1Sc2c(c(-c3cc4sc(Br)cc4s3)c3c(c2-c2cc4sc(Br)cc4s2)C(=O)N(CCCCCCCCCCCCCCCC)C3=O)S1. The smallest absolute Gasteiger partial charge is 0.274 e. The van der Waals surface area contributed by atoms with Crippen molar-refractivity contribution < 1.29 is 9.59 Å². The monoisotopic (exact) mass is 941 g/mol. The molecule has 5 aromatic rings. The van der Waals surface area contributed by atoms with E-state index in [0.29, 0.717) is 21.9 Å². The van der Waals surface area contributed by atoms with Gasteiger partial charge in [0.15, 0.2) is 0 Å². The van der Waals surface area contributed by atoms with Gasteiger partial charge in [0.05, 0.1) is 35.6 Å². The lowest BCUT2D eigenvalue weighted by molar-refractivity contribution is 0.0652. The van der Waals surface area contributed by atoms with Gasteiger partial charge in [-0.25, -0.2) is 10.1 Å². The van der Waals surface area contributed by atoms with Crippen LogP contribution < -0.4 is 0 Å². The minimum absolute atomic E-state index is 0.0255. The van der Waals surface area contributed by atoms with Gasteiger partial charge in [-0.1, -0.05) is 114 Å². The van der Waals surface area contributed by atoms with E-state index in [1.807, 2.05) is 0 Å². The van der Waals surface area contributed by atoms with Gasteiger partial charge in [-0.2, -0.15) is 0 Å². The van der Waals surface area contributed by atoms with Crippen molar-refractivity contribution in [1.82, 2.24) is 4.90 Å². The highest BCUT2D eigenvalue weighted by atomic mass is 79.9. The highest BCUT2D eigenvalue weighted by Crippen LogP contribution is 2.63. The van der Waals surface area contributed by atoms with E-state index < -0.39 is 0 Å². The number of thiophene rings is 4. The van der Waals surface area contributed by atoms with Gasteiger partial charge in [-0.05, 0) is 62.5 Å². The van der Waals surface area contributed by atoms with Gasteiger partial charge >= 0.3 is 0 Å². The predicted octanol–water partition coefficient (Wildman–Crippen LogP) is 16.0. The van der Waals surface area contributed by atoms with Crippen LogP contribution in [0.3, 0.4) is 0 Å². The van der Waals surface area contributed by atoms with Crippen LogP contribution in [-0.2, 0) is 0 Å². The Morgan fingerprint density at radius 2 is 1.08 bits per heavy atom. The topological polar surface area (TPSA) is 65.5 Å². The quantitative estimate of drug-likeness (QED) is 0.0402. The molecule has 2 amide bonds. The van der Waals surface area contributed by atoms with E-state index in [4.69, 9.17) is 6.57 Å². The summed E-state index contributed by atoms with van der Waals surface area (Å²) in [7, 11) is 0. The van der Waals surface area contributed by atoms with Crippen molar-refractivity contribution in [3.8, 4) is 27.0 Å². The molecule has 0 saturated carbocycles. The molecule has 0 spiro atoms. The average Bonchev–Trinajstić information content (AvgIpc) is 3.98. The summed E-state index contributed by atoms with van der Waals surface area (Å²) in [6.07, 6.45) is 17.4. The Kier molecular flexibility index (Phi) is 13.3.